The molecule has 0 aromatic rings. The predicted octanol–water partition coefficient (Wildman–Crippen LogP) is -1.76. The lowest BCUT2D eigenvalue weighted by molar-refractivity contribution is -0.140. The lowest BCUT2D eigenvalue weighted by Gasteiger charge is -2.30. The molecule has 22 heavy (non-hydrogen) atoms. The van der Waals surface area contributed by atoms with Crippen LogP contribution >= 0.6 is 0 Å². The number of amides is 1. The van der Waals surface area contributed by atoms with Gasteiger partial charge in [-0.2, -0.15) is 0 Å². The number of aliphatic carboxylic acids is 3. The van der Waals surface area contributed by atoms with Crippen LogP contribution in [-0.4, -0.2) is 63.3 Å². The van der Waals surface area contributed by atoms with Gasteiger partial charge in [0.1, 0.15) is 5.57 Å². The van der Waals surface area contributed by atoms with Gasteiger partial charge in [-0.1, -0.05) is 0 Å². The second kappa shape index (κ2) is 7.57. The minimum absolute atomic E-state index is 0.158. The molecule has 1 heterocycles. The Labute approximate surface area is 124 Å². The van der Waals surface area contributed by atoms with Crippen LogP contribution in [0.5, 0.6) is 0 Å². The van der Waals surface area contributed by atoms with Gasteiger partial charge in [-0.25, -0.2) is 9.59 Å². The Bertz CT molecular complexity index is 518. The molecular weight excluding hydrogens is 301 g/mol. The second-order valence-corrected chi connectivity index (χ2v) is 4.61. The summed E-state index contributed by atoms with van der Waals surface area (Å²) >= 11 is 0. The molecule has 120 valence electrons. The Morgan fingerprint density at radius 1 is 1.18 bits per heavy atom. The first-order chi connectivity index (χ1) is 10.2. The Morgan fingerprint density at radius 3 is 2.27 bits per heavy atom. The highest BCUT2D eigenvalue weighted by molar-refractivity contribution is 6.46. The molecule has 0 bridgehead atoms. The lowest BCUT2D eigenvalue weighted by atomic mass is 9.72. The van der Waals surface area contributed by atoms with Crippen molar-refractivity contribution in [3.8, 4) is 0 Å². The predicted molar refractivity (Wildman–Crippen MR) is 69.6 cm³/mol. The number of carboxylic acid groups (broad SMARTS) is 3. The quantitative estimate of drug-likeness (QED) is 0.165. The molecule has 0 radical (unpaired) electrons. The molecule has 1 saturated heterocycles. The summed E-state index contributed by atoms with van der Waals surface area (Å²) in [5.41, 5.74) is -0.993. The molecule has 2 atom stereocenters. The molecule has 0 unspecified atom stereocenters. The first-order valence-corrected chi connectivity index (χ1v) is 6.24. The van der Waals surface area contributed by atoms with Crippen molar-refractivity contribution in [2.75, 3.05) is 0 Å². The molecule has 1 aliphatic heterocycles. The fourth-order valence-corrected chi connectivity index (χ4v) is 1.95. The summed E-state index contributed by atoms with van der Waals surface area (Å²) in [6, 6.07) is 0. The minimum atomic E-state index is -1.73. The van der Waals surface area contributed by atoms with Crippen molar-refractivity contribution in [2.45, 2.75) is 31.3 Å². The van der Waals surface area contributed by atoms with Gasteiger partial charge in [0.25, 0.3) is 5.91 Å². The molecule has 0 aliphatic carbocycles. The zero-order chi connectivity index (χ0) is 16.9. The smallest absolute Gasteiger partial charge is 0.478 e. The third-order valence-electron chi connectivity index (χ3n) is 2.94. The summed E-state index contributed by atoms with van der Waals surface area (Å²) in [5, 5.41) is 37.8. The molecule has 0 aromatic heterocycles. The van der Waals surface area contributed by atoms with Gasteiger partial charge in [0.2, 0.25) is 0 Å². The van der Waals surface area contributed by atoms with Crippen LogP contribution in [0.2, 0.25) is 0 Å². The summed E-state index contributed by atoms with van der Waals surface area (Å²) in [7, 11) is -1.51. The summed E-state index contributed by atoms with van der Waals surface area (Å²) < 4.78 is 5.01. The number of hydrogen-bond donors (Lipinski definition) is 5. The van der Waals surface area contributed by atoms with E-state index in [1.807, 2.05) is 0 Å². The Kier molecular flexibility index (Phi) is 6.07. The van der Waals surface area contributed by atoms with Crippen LogP contribution < -0.4 is 5.32 Å². The van der Waals surface area contributed by atoms with Crippen LogP contribution in [0.4, 0.5) is 0 Å². The van der Waals surface area contributed by atoms with Gasteiger partial charge in [0.05, 0.1) is 18.5 Å². The molecular formula is C11H14BNO9. The number of nitrogens with one attached hydrogen (secondary N) is 1. The molecule has 1 fully saturated rings. The molecule has 5 N–H and O–H groups in total. The average molecular weight is 315 g/mol. The zero-order valence-electron chi connectivity index (χ0n) is 11.3. The third kappa shape index (κ3) is 5.18. The third-order valence-corrected chi connectivity index (χ3v) is 2.94. The van der Waals surface area contributed by atoms with Gasteiger partial charge in [-0.05, 0) is 12.8 Å². The van der Waals surface area contributed by atoms with E-state index in [0.29, 0.717) is 0 Å². The van der Waals surface area contributed by atoms with Crippen molar-refractivity contribution in [1.29, 1.82) is 0 Å². The van der Waals surface area contributed by atoms with Gasteiger partial charge in [-0.3, -0.25) is 9.59 Å². The topological polar surface area (TPSA) is 170 Å². The van der Waals surface area contributed by atoms with E-state index in [-0.39, 0.29) is 25.3 Å². The van der Waals surface area contributed by atoms with Crippen LogP contribution in [0.25, 0.3) is 0 Å². The van der Waals surface area contributed by atoms with E-state index in [1.165, 1.54) is 0 Å². The largest absolute Gasteiger partial charge is 0.481 e. The molecule has 0 saturated carbocycles. The maximum Gasteiger partial charge on any atom is 0.478 e. The van der Waals surface area contributed by atoms with Crippen LogP contribution in [0.1, 0.15) is 19.3 Å². The fourth-order valence-electron chi connectivity index (χ4n) is 1.95. The van der Waals surface area contributed by atoms with Crippen LogP contribution in [-0.2, 0) is 23.8 Å². The van der Waals surface area contributed by atoms with Gasteiger partial charge < -0.3 is 30.3 Å². The van der Waals surface area contributed by atoms with Crippen molar-refractivity contribution in [3.05, 3.63) is 11.6 Å². The molecule has 1 amide bonds. The first-order valence-electron chi connectivity index (χ1n) is 6.24. The van der Waals surface area contributed by atoms with E-state index in [4.69, 9.17) is 20.0 Å². The van der Waals surface area contributed by atoms with Crippen molar-refractivity contribution in [1.82, 2.24) is 5.32 Å². The van der Waals surface area contributed by atoms with Crippen molar-refractivity contribution < 1.29 is 44.2 Å². The Hall–Kier alpha value is -2.40. The van der Waals surface area contributed by atoms with E-state index in [1.54, 1.807) is 0 Å². The maximum atomic E-state index is 11.7. The summed E-state index contributed by atoms with van der Waals surface area (Å²) in [6.07, 6.45) is -0.392. The van der Waals surface area contributed by atoms with Crippen molar-refractivity contribution in [3.63, 3.8) is 0 Å². The minimum Gasteiger partial charge on any atom is -0.481 e. The SMILES string of the molecule is O=C(O)/C=C(\C(=O)O)C(=O)N[C@H]1CC[C@@H](CC(=O)O)OB1O. The number of rotatable bonds is 6. The highest BCUT2D eigenvalue weighted by Gasteiger charge is 2.37. The highest BCUT2D eigenvalue weighted by Crippen LogP contribution is 2.19. The Balaban J connectivity index is 2.67. The molecule has 0 spiro atoms. The van der Waals surface area contributed by atoms with E-state index < -0.39 is 48.6 Å². The molecule has 1 rings (SSSR count). The maximum absolute atomic E-state index is 11.7. The fraction of sp³-hybridized carbons (Fsp3) is 0.455. The summed E-state index contributed by atoms with van der Waals surface area (Å²) in [4.78, 5) is 43.5. The van der Waals surface area contributed by atoms with Crippen molar-refractivity contribution in [2.24, 2.45) is 0 Å². The van der Waals surface area contributed by atoms with Crippen LogP contribution in [0, 0.1) is 0 Å². The first kappa shape index (κ1) is 17.7. The number of carboxylic acids is 3. The summed E-state index contributed by atoms with van der Waals surface area (Å²) in [6.45, 7) is 0. The Morgan fingerprint density at radius 2 is 1.82 bits per heavy atom. The number of carbonyl (C=O) groups is 4. The van der Waals surface area contributed by atoms with Crippen molar-refractivity contribution >= 4 is 30.9 Å². The van der Waals surface area contributed by atoms with Crippen LogP contribution in [0.15, 0.2) is 11.6 Å². The standard InChI is InChI=1S/C11H14BNO9/c14-8(15)3-5-1-2-7(12(21)22-5)13-10(18)6(11(19)20)4-9(16)17/h4-5,7,21H,1-3H2,(H,13,18)(H,14,15)(H,16,17)(H,19,20)/b6-4-/t5-,7-/m0/s1. The van der Waals surface area contributed by atoms with Gasteiger partial charge in [0, 0.05) is 6.08 Å². The molecule has 1 aliphatic rings. The monoisotopic (exact) mass is 315 g/mol. The number of hydrogen-bond acceptors (Lipinski definition) is 6. The average Bonchev–Trinajstić information content (AvgIpc) is 2.37. The van der Waals surface area contributed by atoms with Gasteiger partial charge in [0.15, 0.2) is 0 Å². The molecule has 11 heteroatoms. The van der Waals surface area contributed by atoms with E-state index in [2.05, 4.69) is 5.32 Å². The molecule has 0 aromatic carbocycles. The normalized spacial score (nSPS) is 22.0. The molecule has 10 nitrogen and oxygen atoms in total. The number of carbonyl (C=O) groups excluding carboxylic acids is 1. The van der Waals surface area contributed by atoms with E-state index in [0.717, 1.165) is 0 Å². The summed E-state index contributed by atoms with van der Waals surface area (Å²) in [5.74, 6) is -6.57. The van der Waals surface area contributed by atoms with Gasteiger partial charge in [-0.15, -0.1) is 0 Å². The van der Waals surface area contributed by atoms with Gasteiger partial charge >= 0.3 is 25.0 Å². The lowest BCUT2D eigenvalue weighted by Crippen LogP contribution is -2.53. The van der Waals surface area contributed by atoms with E-state index >= 15 is 0 Å². The van der Waals surface area contributed by atoms with E-state index in [9.17, 15) is 24.2 Å². The second-order valence-electron chi connectivity index (χ2n) is 4.61. The van der Waals surface area contributed by atoms with Crippen LogP contribution in [0.3, 0.4) is 0 Å². The highest BCUT2D eigenvalue weighted by atomic mass is 16.5. The zero-order valence-corrected chi connectivity index (χ0v) is 11.3.